The highest BCUT2D eigenvalue weighted by molar-refractivity contribution is 5.66. The van der Waals surface area contributed by atoms with E-state index >= 15 is 0 Å². The van der Waals surface area contributed by atoms with E-state index in [1.54, 1.807) is 16.9 Å². The molecule has 0 atom stereocenters. The molecule has 0 saturated carbocycles. The lowest BCUT2D eigenvalue weighted by atomic mass is 10.1. The fraction of sp³-hybridized carbons (Fsp3) is 0.350. The van der Waals surface area contributed by atoms with Crippen LogP contribution in [0.15, 0.2) is 47.5 Å². The summed E-state index contributed by atoms with van der Waals surface area (Å²) in [6.07, 6.45) is 7.28. The van der Waals surface area contributed by atoms with Crippen molar-refractivity contribution in [3.63, 3.8) is 0 Å². The second-order valence-corrected chi connectivity index (χ2v) is 6.88. The second kappa shape index (κ2) is 9.63. The van der Waals surface area contributed by atoms with Gasteiger partial charge < -0.3 is 10.8 Å². The van der Waals surface area contributed by atoms with Gasteiger partial charge in [-0.15, -0.1) is 5.10 Å². The number of rotatable bonds is 10. The van der Waals surface area contributed by atoms with Crippen molar-refractivity contribution in [2.24, 2.45) is 0 Å². The highest BCUT2D eigenvalue weighted by Gasteiger charge is 2.06. The Morgan fingerprint density at radius 2 is 1.83 bits per heavy atom. The Balaban J connectivity index is 1.52. The van der Waals surface area contributed by atoms with Gasteiger partial charge in [0.05, 0.1) is 12.7 Å². The molecule has 2 aromatic heterocycles. The van der Waals surface area contributed by atoms with Crippen molar-refractivity contribution in [3.8, 4) is 11.3 Å². The zero-order valence-electron chi connectivity index (χ0n) is 16.1. The third-order valence-corrected chi connectivity index (χ3v) is 4.56. The van der Waals surface area contributed by atoms with E-state index in [1.807, 2.05) is 30.5 Å². The van der Waals surface area contributed by atoms with Gasteiger partial charge in [-0.05, 0) is 24.5 Å². The molecule has 3 N–H and O–H groups in total. The molecule has 3 aromatic rings. The molecule has 0 amide bonds. The first-order valence-electron chi connectivity index (χ1n) is 9.55. The van der Waals surface area contributed by atoms with Crippen LogP contribution in [0, 0.1) is 0 Å². The number of nitrogens with zero attached hydrogens (tertiary/aromatic N) is 5. The standard InChI is InChI=1S/C20H24N6O3/c21-18-10-12-25(20(29)22-18)13-15-6-8-16(9-7-15)17-14-26(24-23-17)11-4-2-1-3-5-19(27)28/h6-10,12,14H,1-5,11,13H2,(H,27,28)(H2,21,22,29). The third kappa shape index (κ3) is 6.00. The molecule has 152 valence electrons. The molecular weight excluding hydrogens is 372 g/mol. The Labute approximate surface area is 167 Å². The quantitative estimate of drug-likeness (QED) is 0.502. The molecule has 0 aliphatic rings. The number of benzene rings is 1. The van der Waals surface area contributed by atoms with Gasteiger partial charge >= 0.3 is 11.7 Å². The number of nitrogens with two attached hydrogens (primary N) is 1. The van der Waals surface area contributed by atoms with Crippen LogP contribution in [0.25, 0.3) is 11.3 Å². The second-order valence-electron chi connectivity index (χ2n) is 6.88. The number of aromatic nitrogens is 5. The summed E-state index contributed by atoms with van der Waals surface area (Å²) in [6, 6.07) is 9.39. The van der Waals surface area contributed by atoms with Crippen molar-refractivity contribution in [2.75, 3.05) is 5.73 Å². The Bertz CT molecular complexity index is 1010. The van der Waals surface area contributed by atoms with Gasteiger partial charge in [-0.2, -0.15) is 4.98 Å². The fourth-order valence-electron chi connectivity index (χ4n) is 2.98. The minimum absolute atomic E-state index is 0.213. The highest BCUT2D eigenvalue weighted by Crippen LogP contribution is 2.17. The number of hydrogen-bond donors (Lipinski definition) is 2. The van der Waals surface area contributed by atoms with Crippen molar-refractivity contribution >= 4 is 11.8 Å². The van der Waals surface area contributed by atoms with E-state index < -0.39 is 5.97 Å². The molecule has 0 aliphatic carbocycles. The number of carboxylic acids is 1. The Kier molecular flexibility index (Phi) is 6.72. The maximum Gasteiger partial charge on any atom is 0.349 e. The summed E-state index contributed by atoms with van der Waals surface area (Å²) in [5.74, 6) is -0.529. The van der Waals surface area contributed by atoms with Crippen LogP contribution in [0.2, 0.25) is 0 Å². The van der Waals surface area contributed by atoms with Crippen LogP contribution >= 0.6 is 0 Å². The van der Waals surface area contributed by atoms with Gasteiger partial charge in [-0.1, -0.05) is 42.3 Å². The van der Waals surface area contributed by atoms with Gasteiger partial charge in [-0.3, -0.25) is 14.0 Å². The highest BCUT2D eigenvalue weighted by atomic mass is 16.4. The van der Waals surface area contributed by atoms with E-state index in [0.717, 1.165) is 42.6 Å². The van der Waals surface area contributed by atoms with E-state index in [1.165, 1.54) is 4.57 Å². The average Bonchev–Trinajstić information content (AvgIpc) is 3.16. The van der Waals surface area contributed by atoms with Crippen molar-refractivity contribution in [2.45, 2.75) is 45.2 Å². The van der Waals surface area contributed by atoms with Crippen LogP contribution in [0.4, 0.5) is 5.82 Å². The summed E-state index contributed by atoms with van der Waals surface area (Å²) in [5.41, 5.74) is 7.84. The lowest BCUT2D eigenvalue weighted by molar-refractivity contribution is -0.137. The summed E-state index contributed by atoms with van der Waals surface area (Å²) in [5, 5.41) is 17.0. The normalized spacial score (nSPS) is 10.9. The number of aryl methyl sites for hydroxylation is 1. The fourth-order valence-corrected chi connectivity index (χ4v) is 2.98. The summed E-state index contributed by atoms with van der Waals surface area (Å²) in [7, 11) is 0. The van der Waals surface area contributed by atoms with Gasteiger partial charge in [0.25, 0.3) is 0 Å². The maximum atomic E-state index is 11.8. The molecule has 0 saturated heterocycles. The summed E-state index contributed by atoms with van der Waals surface area (Å²) < 4.78 is 3.30. The monoisotopic (exact) mass is 396 g/mol. The first-order chi connectivity index (χ1) is 14.0. The van der Waals surface area contributed by atoms with Crippen LogP contribution in [0.3, 0.4) is 0 Å². The molecule has 0 aliphatic heterocycles. The smallest absolute Gasteiger partial charge is 0.349 e. The lowest BCUT2D eigenvalue weighted by Gasteiger charge is -2.06. The molecule has 0 bridgehead atoms. The first kappa shape index (κ1) is 20.2. The van der Waals surface area contributed by atoms with E-state index in [-0.39, 0.29) is 17.9 Å². The molecule has 9 heteroatoms. The van der Waals surface area contributed by atoms with Gasteiger partial charge in [0, 0.05) is 24.7 Å². The van der Waals surface area contributed by atoms with Crippen molar-refractivity contribution in [1.29, 1.82) is 0 Å². The first-order valence-corrected chi connectivity index (χ1v) is 9.55. The van der Waals surface area contributed by atoms with Crippen LogP contribution in [0.1, 0.15) is 37.7 Å². The van der Waals surface area contributed by atoms with Crippen molar-refractivity contribution in [1.82, 2.24) is 24.5 Å². The van der Waals surface area contributed by atoms with Gasteiger partial charge in [0.1, 0.15) is 11.5 Å². The topological polar surface area (TPSA) is 129 Å². The molecule has 2 heterocycles. The number of anilines is 1. The minimum Gasteiger partial charge on any atom is -0.481 e. The lowest BCUT2D eigenvalue weighted by Crippen LogP contribution is -2.23. The van der Waals surface area contributed by atoms with E-state index in [4.69, 9.17) is 10.8 Å². The number of nitrogen functional groups attached to an aromatic ring is 1. The zero-order chi connectivity index (χ0) is 20.6. The molecule has 29 heavy (non-hydrogen) atoms. The van der Waals surface area contributed by atoms with Crippen molar-refractivity contribution < 1.29 is 9.90 Å². The number of unbranched alkanes of at least 4 members (excludes halogenated alkanes) is 3. The number of carboxylic acid groups (broad SMARTS) is 1. The SMILES string of the molecule is Nc1ccn(Cc2ccc(-c3cn(CCCCCCC(=O)O)nn3)cc2)c(=O)n1. The van der Waals surface area contributed by atoms with E-state index in [2.05, 4.69) is 15.3 Å². The van der Waals surface area contributed by atoms with Crippen molar-refractivity contribution in [3.05, 3.63) is 58.8 Å². The molecule has 9 nitrogen and oxygen atoms in total. The van der Waals surface area contributed by atoms with E-state index in [0.29, 0.717) is 13.0 Å². The number of aliphatic carboxylic acids is 1. The number of hydrogen-bond acceptors (Lipinski definition) is 6. The van der Waals surface area contributed by atoms with Crippen LogP contribution in [-0.4, -0.2) is 35.6 Å². The van der Waals surface area contributed by atoms with E-state index in [9.17, 15) is 9.59 Å². The molecule has 0 spiro atoms. The van der Waals surface area contributed by atoms with Crippen LogP contribution in [-0.2, 0) is 17.9 Å². The predicted octanol–water partition coefficient (Wildman–Crippen LogP) is 2.17. The summed E-state index contributed by atoms with van der Waals surface area (Å²) in [6.45, 7) is 1.17. The Hall–Kier alpha value is -3.49. The zero-order valence-corrected chi connectivity index (χ0v) is 16.1. The Morgan fingerprint density at radius 1 is 1.07 bits per heavy atom. The summed E-state index contributed by atoms with van der Waals surface area (Å²) in [4.78, 5) is 26.0. The predicted molar refractivity (Wildman–Crippen MR) is 108 cm³/mol. The summed E-state index contributed by atoms with van der Waals surface area (Å²) >= 11 is 0. The average molecular weight is 396 g/mol. The molecule has 0 unspecified atom stereocenters. The number of carbonyl (C=O) groups is 1. The molecule has 0 radical (unpaired) electrons. The maximum absolute atomic E-state index is 11.8. The molecule has 0 fully saturated rings. The van der Waals surface area contributed by atoms with Gasteiger partial charge in [0.15, 0.2) is 0 Å². The third-order valence-electron chi connectivity index (χ3n) is 4.56. The van der Waals surface area contributed by atoms with Gasteiger partial charge in [0.2, 0.25) is 0 Å². The van der Waals surface area contributed by atoms with Crippen LogP contribution < -0.4 is 11.4 Å². The molecule has 1 aromatic carbocycles. The van der Waals surface area contributed by atoms with Gasteiger partial charge in [-0.25, -0.2) is 4.79 Å². The molecular formula is C20H24N6O3. The molecule has 3 rings (SSSR count). The Morgan fingerprint density at radius 3 is 2.55 bits per heavy atom. The van der Waals surface area contributed by atoms with Crippen LogP contribution in [0.5, 0.6) is 0 Å². The minimum atomic E-state index is -0.742. The largest absolute Gasteiger partial charge is 0.481 e.